The molecule has 0 aliphatic heterocycles. The van der Waals surface area contributed by atoms with Crippen molar-refractivity contribution in [1.82, 2.24) is 0 Å². The molecule has 0 spiro atoms. The van der Waals surface area contributed by atoms with Crippen LogP contribution in [0.4, 0.5) is 0 Å². The van der Waals surface area contributed by atoms with E-state index in [0.29, 0.717) is 0 Å². The Morgan fingerprint density at radius 3 is 0.750 bits per heavy atom. The molecule has 0 aromatic heterocycles. The van der Waals surface area contributed by atoms with E-state index in [9.17, 15) is 0 Å². The van der Waals surface area contributed by atoms with Gasteiger partial charge in [-0.1, -0.05) is 30.8 Å². The standard InChI is InChI=1S/CH3Br.2CH4.2CH3.2Cu/c1-2;;;;;;/h1H3;2*1H4;2*1H3;;/q;;;2*-1;2*+1. The van der Waals surface area contributed by atoms with Crippen LogP contribution in [0.1, 0.15) is 14.9 Å². The van der Waals surface area contributed by atoms with E-state index in [-0.39, 0.29) is 63.8 Å². The average Bonchev–Trinajstić information content (AvgIpc) is 1.00. The van der Waals surface area contributed by atoms with Crippen molar-refractivity contribution >= 4 is 15.9 Å². The summed E-state index contributed by atoms with van der Waals surface area (Å²) in [6.07, 6.45) is 0. The van der Waals surface area contributed by atoms with Crippen molar-refractivity contribution in [1.29, 1.82) is 0 Å². The molecule has 0 nitrogen and oxygen atoms in total. The Balaban J connectivity index is -0.000000000333. The summed E-state index contributed by atoms with van der Waals surface area (Å²) in [6, 6.07) is 0. The second-order valence-corrected chi connectivity index (χ2v) is 0. The number of halogens is 1. The van der Waals surface area contributed by atoms with E-state index >= 15 is 0 Å². The van der Waals surface area contributed by atoms with Gasteiger partial charge in [0.2, 0.25) is 0 Å². The van der Waals surface area contributed by atoms with E-state index in [2.05, 4.69) is 15.9 Å². The normalized spacial score (nSPS) is 0.750. The summed E-state index contributed by atoms with van der Waals surface area (Å²) in [5.41, 5.74) is 0. The van der Waals surface area contributed by atoms with Crippen LogP contribution in [0.15, 0.2) is 0 Å². The van der Waals surface area contributed by atoms with Crippen LogP contribution >= 0.6 is 15.9 Å². The molecule has 0 amide bonds. The topological polar surface area (TPSA) is 0 Å². The second kappa shape index (κ2) is 209. The third kappa shape index (κ3) is 138. The largest absolute Gasteiger partial charge is 1.00 e. The monoisotopic (exact) mass is 282 g/mol. The molecule has 0 radical (unpaired) electrons. The van der Waals surface area contributed by atoms with Gasteiger partial charge in [-0.05, 0) is 5.83 Å². The van der Waals surface area contributed by atoms with Gasteiger partial charge in [0.15, 0.2) is 0 Å². The van der Waals surface area contributed by atoms with Crippen molar-refractivity contribution in [2.24, 2.45) is 0 Å². The zero-order valence-corrected chi connectivity index (χ0v) is 7.45. The molecular weight excluding hydrogens is 267 g/mol. The molecule has 0 atom stereocenters. The molecule has 0 saturated carbocycles. The van der Waals surface area contributed by atoms with Crippen molar-refractivity contribution < 1.29 is 34.1 Å². The van der Waals surface area contributed by atoms with Gasteiger partial charge in [0.05, 0.1) is 0 Å². The molecule has 0 aromatic carbocycles. The Hall–Kier alpha value is 1.52. The minimum Gasteiger partial charge on any atom is -0.358 e. The van der Waals surface area contributed by atoms with E-state index < -0.39 is 0 Å². The van der Waals surface area contributed by atoms with Gasteiger partial charge in [-0.25, -0.2) is 0 Å². The molecule has 0 fully saturated rings. The van der Waals surface area contributed by atoms with Gasteiger partial charge in [0, 0.05) is 0 Å². The number of hydrogen-bond donors (Lipinski definition) is 0. The molecule has 0 unspecified atom stereocenters. The van der Waals surface area contributed by atoms with Crippen molar-refractivity contribution in [3.8, 4) is 0 Å². The molecule has 0 bridgehead atoms. The van der Waals surface area contributed by atoms with Gasteiger partial charge in [-0.2, -0.15) is 0 Å². The van der Waals surface area contributed by atoms with Gasteiger partial charge in [-0.3, -0.25) is 0 Å². The first kappa shape index (κ1) is 109. The molecule has 66 valence electrons. The molecule has 3 heteroatoms. The first-order valence-corrected chi connectivity index (χ1v) is 1.96. The maximum absolute atomic E-state index is 2.94. The first-order valence-electron chi connectivity index (χ1n) is 0.378. The summed E-state index contributed by atoms with van der Waals surface area (Å²) in [6.45, 7) is 0. The Labute approximate surface area is 85.3 Å². The third-order valence-corrected chi connectivity index (χ3v) is 0. The Bertz CT molecular complexity index is 10.4. The number of hydrogen-bond acceptors (Lipinski definition) is 0. The van der Waals surface area contributed by atoms with Crippen LogP contribution in [-0.4, -0.2) is 5.83 Å². The van der Waals surface area contributed by atoms with E-state index in [1.165, 1.54) is 0 Å². The van der Waals surface area contributed by atoms with Crippen LogP contribution in [0.5, 0.6) is 0 Å². The van der Waals surface area contributed by atoms with Crippen molar-refractivity contribution in [3.63, 3.8) is 0 Å². The van der Waals surface area contributed by atoms with E-state index in [1.807, 2.05) is 5.83 Å². The van der Waals surface area contributed by atoms with Gasteiger partial charge in [0.1, 0.15) is 0 Å². The summed E-state index contributed by atoms with van der Waals surface area (Å²) in [5.74, 6) is 1.81. The quantitative estimate of drug-likeness (QED) is 0.364. The summed E-state index contributed by atoms with van der Waals surface area (Å²) < 4.78 is 0. The molecular formula is C5H17BrCu2. The first-order chi connectivity index (χ1) is 1.00. The van der Waals surface area contributed by atoms with Crippen molar-refractivity contribution in [2.75, 3.05) is 5.83 Å². The average molecular weight is 284 g/mol. The zero-order chi connectivity index (χ0) is 2.00. The van der Waals surface area contributed by atoms with E-state index in [0.717, 1.165) is 0 Å². The number of rotatable bonds is 0. The molecule has 0 rings (SSSR count). The minimum atomic E-state index is 0. The maximum Gasteiger partial charge on any atom is 1.00 e. The second-order valence-electron chi connectivity index (χ2n) is 0. The Kier molecular flexibility index (Phi) is 2840. The van der Waals surface area contributed by atoms with Crippen LogP contribution in [0.3, 0.4) is 0 Å². The summed E-state index contributed by atoms with van der Waals surface area (Å²) in [5, 5.41) is 0. The van der Waals surface area contributed by atoms with Gasteiger partial charge in [0.25, 0.3) is 0 Å². The molecule has 0 aromatic rings. The van der Waals surface area contributed by atoms with E-state index in [1.54, 1.807) is 0 Å². The molecule has 0 N–H and O–H groups in total. The van der Waals surface area contributed by atoms with Crippen LogP contribution in [0.2, 0.25) is 0 Å². The SMILES string of the molecule is C.C.CBr.[CH3-].[CH3-].[Cu+].[Cu+]. The summed E-state index contributed by atoms with van der Waals surface area (Å²) in [4.78, 5) is 0. The van der Waals surface area contributed by atoms with Gasteiger partial charge >= 0.3 is 34.1 Å². The Morgan fingerprint density at radius 2 is 0.750 bits per heavy atom. The summed E-state index contributed by atoms with van der Waals surface area (Å²) in [7, 11) is 0. The summed E-state index contributed by atoms with van der Waals surface area (Å²) >= 11 is 2.94. The molecule has 0 heterocycles. The zero-order valence-electron chi connectivity index (χ0n) is 3.98. The van der Waals surface area contributed by atoms with Crippen molar-refractivity contribution in [2.45, 2.75) is 14.9 Å². The minimum absolute atomic E-state index is 0. The fourth-order valence-electron chi connectivity index (χ4n) is 0. The predicted molar refractivity (Wildman–Crippen MR) is 41.1 cm³/mol. The smallest absolute Gasteiger partial charge is 0.358 e. The fraction of sp³-hybridized carbons (Fsp3) is 0.600. The third-order valence-electron chi connectivity index (χ3n) is 0. The number of alkyl halides is 1. The molecule has 0 saturated heterocycles. The van der Waals surface area contributed by atoms with E-state index in [4.69, 9.17) is 0 Å². The van der Waals surface area contributed by atoms with Crippen molar-refractivity contribution in [3.05, 3.63) is 14.9 Å². The fourth-order valence-corrected chi connectivity index (χ4v) is 0. The molecule has 8 heavy (non-hydrogen) atoms. The van der Waals surface area contributed by atoms with Crippen LogP contribution in [0.25, 0.3) is 0 Å². The molecule has 0 aliphatic rings. The van der Waals surface area contributed by atoms with Gasteiger partial charge in [-0.15, -0.1) is 0 Å². The molecule has 0 aliphatic carbocycles. The van der Waals surface area contributed by atoms with Crippen LogP contribution < -0.4 is 0 Å². The predicted octanol–water partition coefficient (Wildman–Crippen LogP) is 3.18. The van der Waals surface area contributed by atoms with Gasteiger partial charge < -0.3 is 14.9 Å². The van der Waals surface area contributed by atoms with Crippen LogP contribution in [0, 0.1) is 14.9 Å². The van der Waals surface area contributed by atoms with Crippen LogP contribution in [-0.2, 0) is 34.1 Å². The maximum atomic E-state index is 2.94. The Morgan fingerprint density at radius 1 is 0.750 bits per heavy atom.